The Hall–Kier alpha value is -3.57. The number of hydrogen-bond acceptors (Lipinski definition) is 4. The van der Waals surface area contributed by atoms with Crippen LogP contribution >= 0.6 is 0 Å². The van der Waals surface area contributed by atoms with Crippen LogP contribution in [-0.2, 0) is 4.74 Å². The van der Waals surface area contributed by atoms with Crippen LogP contribution in [0.15, 0.2) is 48.5 Å². The number of nitrogens with zero attached hydrogens (tertiary/aromatic N) is 2. The van der Waals surface area contributed by atoms with Crippen molar-refractivity contribution in [1.29, 1.82) is 0 Å². The molecule has 0 spiro atoms. The molecule has 1 heterocycles. The summed E-state index contributed by atoms with van der Waals surface area (Å²) in [5.41, 5.74) is -1.31. The van der Waals surface area contributed by atoms with Gasteiger partial charge in [0.15, 0.2) is 0 Å². The molecule has 1 fully saturated rings. The second-order valence-electron chi connectivity index (χ2n) is 8.52. The summed E-state index contributed by atoms with van der Waals surface area (Å²) in [4.78, 5) is 26.3. The lowest BCUT2D eigenvalue weighted by Gasteiger charge is -2.23. The molecule has 6 nitrogen and oxygen atoms in total. The van der Waals surface area contributed by atoms with E-state index >= 15 is 0 Å². The van der Waals surface area contributed by atoms with E-state index in [1.54, 1.807) is 18.2 Å². The average Bonchev–Trinajstić information content (AvgIpc) is 3.12. The summed E-state index contributed by atoms with van der Waals surface area (Å²) in [5.74, 6) is -3.02. The molecule has 1 aliphatic carbocycles. The van der Waals surface area contributed by atoms with E-state index in [1.807, 2.05) is 0 Å². The van der Waals surface area contributed by atoms with Gasteiger partial charge in [0.05, 0.1) is 17.0 Å². The van der Waals surface area contributed by atoms with E-state index in [4.69, 9.17) is 0 Å². The number of fused-ring (bicyclic) bond motifs is 1. The van der Waals surface area contributed by atoms with Gasteiger partial charge in [-0.3, -0.25) is 4.79 Å². The third kappa shape index (κ3) is 4.76. The normalized spacial score (nSPS) is 15.4. The van der Waals surface area contributed by atoms with E-state index in [0.29, 0.717) is 23.2 Å². The minimum Gasteiger partial charge on any atom is -0.595 e. The fraction of sp³-hybridized carbons (Fsp3) is 0.375. The van der Waals surface area contributed by atoms with Gasteiger partial charge in [0, 0.05) is 5.56 Å². The molecule has 0 saturated heterocycles. The van der Waals surface area contributed by atoms with E-state index < -0.39 is 41.3 Å². The number of ketones is 1. The Morgan fingerprint density at radius 3 is 2.06 bits per heavy atom. The van der Waals surface area contributed by atoms with Gasteiger partial charge >= 0.3 is 18.3 Å². The molecule has 4 rings (SSSR count). The fourth-order valence-electron chi connectivity index (χ4n) is 4.54. The molecule has 0 amide bonds. The van der Waals surface area contributed by atoms with Crippen molar-refractivity contribution in [3.05, 3.63) is 70.6 Å². The maximum absolute atomic E-state index is 13.5. The molecule has 1 saturated carbocycles. The van der Waals surface area contributed by atoms with Crippen LogP contribution in [0, 0.1) is 5.21 Å². The summed E-state index contributed by atoms with van der Waals surface area (Å²) >= 11 is 0. The summed E-state index contributed by atoms with van der Waals surface area (Å²) in [6.07, 6.45) is -12.0. The molecule has 2 aromatic carbocycles. The van der Waals surface area contributed by atoms with Crippen LogP contribution < -0.4 is 4.85 Å². The highest BCUT2D eigenvalue weighted by Gasteiger charge is 2.60. The number of carbonyl (C=O) groups is 2. The van der Waals surface area contributed by atoms with E-state index in [2.05, 4.69) is 4.74 Å². The number of aromatic nitrogens is 2. The molecule has 0 N–H and O–H groups in total. The Bertz CT molecular complexity index is 1280. The lowest BCUT2D eigenvalue weighted by atomic mass is 9.95. The number of rotatable bonds is 5. The van der Waals surface area contributed by atoms with E-state index in [0.717, 1.165) is 37.5 Å². The SMILES string of the molecule is O=C(OC(C(F)(F)F)C(F)(F)F)c1ccccc1C(=O)c1c2ccccc2n(C2CCCCC2)[n+]1[O-]. The zero-order chi connectivity index (χ0) is 26.3. The Morgan fingerprint density at radius 1 is 0.889 bits per heavy atom. The summed E-state index contributed by atoms with van der Waals surface area (Å²) in [6, 6.07) is 10.6. The molecule has 36 heavy (non-hydrogen) atoms. The van der Waals surface area contributed by atoms with Crippen LogP contribution in [0.3, 0.4) is 0 Å². The zero-order valence-electron chi connectivity index (χ0n) is 18.6. The molecule has 0 unspecified atom stereocenters. The molecule has 3 aromatic rings. The monoisotopic (exact) mass is 514 g/mol. The summed E-state index contributed by atoms with van der Waals surface area (Å²) in [5, 5.41) is 13.6. The summed E-state index contributed by atoms with van der Waals surface area (Å²) < 4.78 is 82.7. The molecule has 1 aromatic heterocycles. The first kappa shape index (κ1) is 25.5. The van der Waals surface area contributed by atoms with E-state index in [9.17, 15) is 41.1 Å². The van der Waals surface area contributed by atoms with Crippen molar-refractivity contribution in [2.45, 2.75) is 56.6 Å². The van der Waals surface area contributed by atoms with Gasteiger partial charge in [-0.2, -0.15) is 26.3 Å². The number of para-hydroxylation sites is 1. The quantitative estimate of drug-likeness (QED) is 0.145. The number of alkyl halides is 6. The number of ether oxygens (including phenoxy) is 1. The van der Waals surface area contributed by atoms with E-state index in [-0.39, 0.29) is 17.1 Å². The number of esters is 1. The molecule has 192 valence electrons. The first-order chi connectivity index (χ1) is 16.9. The predicted molar refractivity (Wildman–Crippen MR) is 114 cm³/mol. The molecular formula is C24H20F6N2O4. The third-order valence-corrected chi connectivity index (χ3v) is 6.14. The van der Waals surface area contributed by atoms with Crippen LogP contribution in [0.25, 0.3) is 10.9 Å². The zero-order valence-corrected chi connectivity index (χ0v) is 18.6. The standard InChI is InChI=1S/C24H20F6N2O4/c25-23(26,27)22(24(28,29)30)36-21(34)16-11-5-4-10-15(16)20(33)19-17-12-6-7-13-18(17)31(32(19)35)14-8-2-1-3-9-14/h4-7,10-14,22H,1-3,8-9H2. The molecular weight excluding hydrogens is 494 g/mol. The second kappa shape index (κ2) is 9.47. The van der Waals surface area contributed by atoms with Gasteiger partial charge in [0.1, 0.15) is 5.52 Å². The van der Waals surface area contributed by atoms with Crippen molar-refractivity contribution in [3.63, 3.8) is 0 Å². The van der Waals surface area contributed by atoms with Crippen molar-refractivity contribution in [2.75, 3.05) is 0 Å². The maximum Gasteiger partial charge on any atom is 0.434 e. The van der Waals surface area contributed by atoms with Gasteiger partial charge in [-0.25, -0.2) is 4.79 Å². The van der Waals surface area contributed by atoms with Crippen LogP contribution in [-0.4, -0.2) is 34.9 Å². The number of halogens is 6. The van der Waals surface area contributed by atoms with Crippen molar-refractivity contribution in [3.8, 4) is 0 Å². The van der Waals surface area contributed by atoms with Gasteiger partial charge in [0.2, 0.25) is 0 Å². The van der Waals surface area contributed by atoms with Gasteiger partial charge in [-0.05, 0) is 37.1 Å². The molecule has 0 radical (unpaired) electrons. The smallest absolute Gasteiger partial charge is 0.434 e. The number of benzene rings is 2. The van der Waals surface area contributed by atoms with Crippen LogP contribution in [0.5, 0.6) is 0 Å². The first-order valence-corrected chi connectivity index (χ1v) is 11.1. The minimum absolute atomic E-state index is 0.192. The second-order valence-corrected chi connectivity index (χ2v) is 8.52. The van der Waals surface area contributed by atoms with Crippen molar-refractivity contribution in [2.24, 2.45) is 0 Å². The molecule has 0 bridgehead atoms. The topological polar surface area (TPSA) is 75.2 Å². The van der Waals surface area contributed by atoms with Crippen molar-refractivity contribution < 1.29 is 45.5 Å². The van der Waals surface area contributed by atoms with Crippen molar-refractivity contribution in [1.82, 2.24) is 4.68 Å². The first-order valence-electron chi connectivity index (χ1n) is 11.1. The highest BCUT2D eigenvalue weighted by molar-refractivity contribution is 6.17. The lowest BCUT2D eigenvalue weighted by Crippen LogP contribution is -2.46. The largest absolute Gasteiger partial charge is 0.595 e. The lowest BCUT2D eigenvalue weighted by molar-refractivity contribution is -0.696. The summed E-state index contributed by atoms with van der Waals surface area (Å²) in [6.45, 7) is 0. The van der Waals surface area contributed by atoms with Crippen LogP contribution in [0.4, 0.5) is 26.3 Å². The Kier molecular flexibility index (Phi) is 6.72. The van der Waals surface area contributed by atoms with Gasteiger partial charge < -0.3 is 9.94 Å². The number of carbonyl (C=O) groups excluding carboxylic acids is 2. The minimum atomic E-state index is -5.92. The average molecular weight is 514 g/mol. The molecule has 12 heteroatoms. The Labute approximate surface area is 200 Å². The van der Waals surface area contributed by atoms with Crippen LogP contribution in [0.1, 0.15) is 64.6 Å². The maximum atomic E-state index is 13.5. The molecule has 1 aliphatic rings. The highest BCUT2D eigenvalue weighted by Crippen LogP contribution is 2.37. The Morgan fingerprint density at radius 2 is 1.44 bits per heavy atom. The van der Waals surface area contributed by atoms with Crippen molar-refractivity contribution >= 4 is 22.7 Å². The van der Waals surface area contributed by atoms with Crippen LogP contribution in [0.2, 0.25) is 0 Å². The highest BCUT2D eigenvalue weighted by atomic mass is 19.4. The van der Waals surface area contributed by atoms with E-state index in [1.165, 1.54) is 16.8 Å². The Balaban J connectivity index is 1.78. The van der Waals surface area contributed by atoms with Gasteiger partial charge in [-0.1, -0.05) is 48.4 Å². The number of hydrogen-bond donors (Lipinski definition) is 0. The van der Waals surface area contributed by atoms with Gasteiger partial charge in [-0.15, -0.1) is 4.68 Å². The molecule has 0 aliphatic heterocycles. The third-order valence-electron chi connectivity index (χ3n) is 6.14. The molecule has 0 atom stereocenters. The van der Waals surface area contributed by atoms with Gasteiger partial charge in [0.25, 0.3) is 17.6 Å². The predicted octanol–water partition coefficient (Wildman–Crippen LogP) is 5.66. The summed E-state index contributed by atoms with van der Waals surface area (Å²) in [7, 11) is 0. The fourth-order valence-corrected chi connectivity index (χ4v) is 4.54.